The first kappa shape index (κ1) is 43.5. The van der Waals surface area contributed by atoms with Gasteiger partial charge in [0.25, 0.3) is 0 Å². The van der Waals surface area contributed by atoms with Gasteiger partial charge in [0.05, 0.1) is 6.10 Å². The average Bonchev–Trinajstić information content (AvgIpc) is 3.25. The first-order valence-electron chi connectivity index (χ1n) is 23.0. The lowest BCUT2D eigenvalue weighted by molar-refractivity contribution is -0.150. The Morgan fingerprint density at radius 1 is 0.508 bits per heavy atom. The first-order chi connectivity index (χ1) is 29.5. The molecular weight excluding hydrogens is 777 g/mol. The molecule has 4 bridgehead atoms. The lowest BCUT2D eigenvalue weighted by atomic mass is 9.76. The number of aliphatic carboxylic acids is 1. The number of aromatic hydroxyl groups is 4. The molecule has 8 aliphatic heterocycles. The van der Waals surface area contributed by atoms with E-state index in [2.05, 4.69) is 19.6 Å². The number of carboxylic acid groups (broad SMARTS) is 1. The van der Waals surface area contributed by atoms with E-state index < -0.39 is 5.97 Å². The summed E-state index contributed by atoms with van der Waals surface area (Å²) in [5.41, 5.74) is 1.16. The van der Waals surface area contributed by atoms with E-state index in [0.717, 1.165) is 69.0 Å². The molecule has 8 heterocycles. The lowest BCUT2D eigenvalue weighted by Gasteiger charge is -2.58. The highest BCUT2D eigenvalue weighted by Gasteiger charge is 2.48. The van der Waals surface area contributed by atoms with Gasteiger partial charge in [-0.1, -0.05) is 25.0 Å². The second kappa shape index (κ2) is 19.5. The zero-order valence-corrected chi connectivity index (χ0v) is 35.4. The van der Waals surface area contributed by atoms with Crippen molar-refractivity contribution in [3.05, 3.63) is 59.7 Å². The zero-order valence-electron chi connectivity index (χ0n) is 35.4. The van der Waals surface area contributed by atoms with Crippen molar-refractivity contribution in [1.82, 2.24) is 19.6 Å². The standard InChI is InChI=1S/C24H32N2O4.C15H26N2O.C9H8O4/c27-22-6-4-16(11-23(22)28)5-7-24(29)30-21-8-10-26-18-12-17-3-1-2-9-25(17)19(13-18)14-20(26)15-21;18-15-4-6-17-12-7-11-3-1-2-5-16(11)13(8-12)9-14(17)10-15;10-7-3-1-6(5-8(7)11)2-4-9(12)13/h4-7,11,17-21,27-28H,1-3,8-10,12-15H2;11-15,18H,1-10H2;1-5,10-11H,(H,12,13)/b7-5-;;4-2+/t17-,18+,19+,20-,21?;11-,12+,13+,14-,15?;/m11./s1. The fourth-order valence-electron chi connectivity index (χ4n) is 12.3. The Morgan fingerprint density at radius 3 is 1.46 bits per heavy atom. The first-order valence-corrected chi connectivity index (χ1v) is 23.0. The minimum atomic E-state index is -1.06. The highest BCUT2D eigenvalue weighted by molar-refractivity contribution is 5.87. The van der Waals surface area contributed by atoms with Crippen LogP contribution in [0.1, 0.15) is 114 Å². The molecular formula is C48H66N4O9. The maximum atomic E-state index is 12.3. The van der Waals surface area contributed by atoms with Gasteiger partial charge < -0.3 is 35.4 Å². The Morgan fingerprint density at radius 2 is 0.951 bits per heavy atom. The van der Waals surface area contributed by atoms with E-state index in [1.165, 1.54) is 133 Å². The number of rotatable bonds is 5. The Balaban J connectivity index is 0.000000140. The molecule has 0 saturated carbocycles. The number of carbonyl (C=O) groups is 2. The number of phenols is 4. The number of fused-ring (bicyclic) bond motifs is 12. The number of nitrogens with zero attached hydrogens (tertiary/aromatic N) is 4. The molecule has 8 aliphatic rings. The zero-order chi connectivity index (χ0) is 42.6. The normalized spacial score (nSPS) is 33.7. The summed E-state index contributed by atoms with van der Waals surface area (Å²) in [7, 11) is 0. The third kappa shape index (κ3) is 10.6. The molecule has 2 unspecified atom stereocenters. The average molecular weight is 843 g/mol. The Hall–Kier alpha value is -4.14. The number of carbonyl (C=O) groups excluding carboxylic acids is 1. The molecule has 0 spiro atoms. The second-order valence-electron chi connectivity index (χ2n) is 18.9. The Labute approximate surface area is 359 Å². The molecule has 10 rings (SSSR count). The van der Waals surface area contributed by atoms with Crippen LogP contribution in [0, 0.1) is 0 Å². The van der Waals surface area contributed by atoms with Gasteiger partial charge in [0.15, 0.2) is 23.0 Å². The fraction of sp³-hybridized carbons (Fsp3) is 0.625. The summed E-state index contributed by atoms with van der Waals surface area (Å²) in [6.07, 6.45) is 25.5. The molecule has 2 aromatic rings. The summed E-state index contributed by atoms with van der Waals surface area (Å²) in [6, 6.07) is 14.5. The van der Waals surface area contributed by atoms with Gasteiger partial charge in [-0.25, -0.2) is 9.59 Å². The summed E-state index contributed by atoms with van der Waals surface area (Å²) in [6.45, 7) is 4.79. The number of aliphatic hydroxyl groups excluding tert-OH is 1. The third-order valence-electron chi connectivity index (χ3n) is 15.0. The van der Waals surface area contributed by atoms with E-state index in [0.29, 0.717) is 35.3 Å². The lowest BCUT2D eigenvalue weighted by Crippen LogP contribution is -2.65. The van der Waals surface area contributed by atoms with Crippen molar-refractivity contribution < 1.29 is 45.0 Å². The van der Waals surface area contributed by atoms with Crippen molar-refractivity contribution in [3.63, 3.8) is 0 Å². The van der Waals surface area contributed by atoms with Crippen molar-refractivity contribution in [3.8, 4) is 23.0 Å². The summed E-state index contributed by atoms with van der Waals surface area (Å²) in [5.74, 6) is -2.27. The van der Waals surface area contributed by atoms with Gasteiger partial charge in [-0.2, -0.15) is 0 Å². The molecule has 8 saturated heterocycles. The van der Waals surface area contributed by atoms with Crippen LogP contribution in [0.4, 0.5) is 0 Å². The van der Waals surface area contributed by atoms with Gasteiger partial charge in [0.1, 0.15) is 6.10 Å². The van der Waals surface area contributed by atoms with E-state index in [1.807, 2.05) is 0 Å². The minimum absolute atomic E-state index is 0.0207. The monoisotopic (exact) mass is 842 g/mol. The second-order valence-corrected chi connectivity index (χ2v) is 18.9. The van der Waals surface area contributed by atoms with Gasteiger partial charge in [-0.15, -0.1) is 0 Å². The van der Waals surface area contributed by atoms with E-state index in [4.69, 9.17) is 20.1 Å². The van der Waals surface area contributed by atoms with E-state index in [-0.39, 0.29) is 41.2 Å². The van der Waals surface area contributed by atoms with Gasteiger partial charge in [-0.3, -0.25) is 19.6 Å². The quantitative estimate of drug-likeness (QED) is 0.116. The van der Waals surface area contributed by atoms with Gasteiger partial charge in [0, 0.05) is 80.0 Å². The summed E-state index contributed by atoms with van der Waals surface area (Å²) in [5, 5.41) is 55.1. The number of carboxylic acids is 1. The summed E-state index contributed by atoms with van der Waals surface area (Å²) >= 11 is 0. The van der Waals surface area contributed by atoms with Crippen molar-refractivity contribution in [2.24, 2.45) is 0 Å². The molecule has 61 heavy (non-hydrogen) atoms. The topological polar surface area (TPSA) is 178 Å². The maximum Gasteiger partial charge on any atom is 0.331 e. The number of ether oxygens (including phenoxy) is 1. The van der Waals surface area contributed by atoms with Crippen LogP contribution >= 0.6 is 0 Å². The van der Waals surface area contributed by atoms with Crippen LogP contribution in [0.2, 0.25) is 0 Å². The molecule has 8 fully saturated rings. The molecule has 10 atom stereocenters. The van der Waals surface area contributed by atoms with Gasteiger partial charge in [-0.05, 0) is 144 Å². The van der Waals surface area contributed by atoms with Crippen molar-refractivity contribution in [1.29, 1.82) is 0 Å². The molecule has 0 aliphatic carbocycles. The highest BCUT2D eigenvalue weighted by Crippen LogP contribution is 2.43. The van der Waals surface area contributed by atoms with E-state index in [1.54, 1.807) is 12.1 Å². The Kier molecular flexibility index (Phi) is 13.9. The van der Waals surface area contributed by atoms with Crippen LogP contribution in [0.15, 0.2) is 48.6 Å². The van der Waals surface area contributed by atoms with Crippen LogP contribution in [0.5, 0.6) is 23.0 Å². The molecule has 332 valence electrons. The maximum absolute atomic E-state index is 12.3. The van der Waals surface area contributed by atoms with Crippen LogP contribution in [-0.2, 0) is 14.3 Å². The molecule has 6 N–H and O–H groups in total. The third-order valence-corrected chi connectivity index (χ3v) is 15.0. The highest BCUT2D eigenvalue weighted by atomic mass is 16.5. The van der Waals surface area contributed by atoms with Gasteiger partial charge in [0.2, 0.25) is 0 Å². The molecule has 13 nitrogen and oxygen atoms in total. The largest absolute Gasteiger partial charge is 0.504 e. The van der Waals surface area contributed by atoms with Crippen LogP contribution in [0.3, 0.4) is 0 Å². The summed E-state index contributed by atoms with van der Waals surface area (Å²) in [4.78, 5) is 33.6. The number of phenolic OH excluding ortho intramolecular Hbond substituents is 4. The van der Waals surface area contributed by atoms with Crippen LogP contribution in [0.25, 0.3) is 12.2 Å². The molecule has 0 amide bonds. The fourth-order valence-corrected chi connectivity index (χ4v) is 12.3. The number of esters is 1. The smallest absolute Gasteiger partial charge is 0.331 e. The molecule has 2 aromatic carbocycles. The SMILES string of the molecule is O=C(/C=C\c1ccc(O)c(O)c1)OC1CCN2[C@@H]3C[C@@H](C[C@@H]2C1)N1CCCC[C@@H]1C3.O=C(O)/C=C/c1ccc(O)c(O)c1.OC1CCN2[C@@H]3C[C@@H](C[C@@H]2C1)N1CCCC[C@@H]1C3. The predicted molar refractivity (Wildman–Crippen MR) is 232 cm³/mol. The van der Waals surface area contributed by atoms with Crippen LogP contribution in [-0.4, -0.2) is 149 Å². The van der Waals surface area contributed by atoms with E-state index >= 15 is 0 Å². The summed E-state index contributed by atoms with van der Waals surface area (Å²) < 4.78 is 5.77. The molecule has 0 aromatic heterocycles. The Bertz CT molecular complexity index is 1910. The van der Waals surface area contributed by atoms with Crippen molar-refractivity contribution >= 4 is 24.1 Å². The van der Waals surface area contributed by atoms with Crippen molar-refractivity contribution in [2.45, 2.75) is 163 Å². The van der Waals surface area contributed by atoms with Crippen LogP contribution < -0.4 is 0 Å². The number of hydrogen-bond donors (Lipinski definition) is 6. The number of aliphatic hydroxyl groups is 1. The van der Waals surface area contributed by atoms with Gasteiger partial charge >= 0.3 is 11.9 Å². The molecule has 13 heteroatoms. The van der Waals surface area contributed by atoms with Crippen molar-refractivity contribution in [2.75, 3.05) is 26.2 Å². The number of piperidine rings is 8. The minimum Gasteiger partial charge on any atom is -0.504 e. The predicted octanol–water partition coefficient (Wildman–Crippen LogP) is 6.07. The number of hydrogen-bond acceptors (Lipinski definition) is 12. The van der Waals surface area contributed by atoms with E-state index in [9.17, 15) is 24.9 Å². The number of benzene rings is 2. The molecule has 0 radical (unpaired) electrons.